The van der Waals surface area contributed by atoms with Gasteiger partial charge in [0.25, 0.3) is 0 Å². The Bertz CT molecular complexity index is 866. The number of hydrogen-bond acceptors (Lipinski definition) is 7. The Labute approximate surface area is 170 Å². The molecule has 148 valence electrons. The highest BCUT2D eigenvalue weighted by Crippen LogP contribution is 2.36. The first-order valence-electron chi connectivity index (χ1n) is 9.42. The zero-order valence-corrected chi connectivity index (χ0v) is 16.9. The fourth-order valence-corrected chi connectivity index (χ4v) is 3.71. The van der Waals surface area contributed by atoms with E-state index in [1.165, 1.54) is 6.20 Å². The molecule has 1 fully saturated rings. The molecule has 0 spiro atoms. The monoisotopic (exact) mass is 400 g/mol. The van der Waals surface area contributed by atoms with Crippen molar-refractivity contribution in [3.63, 3.8) is 0 Å². The van der Waals surface area contributed by atoms with Gasteiger partial charge in [-0.2, -0.15) is 10.2 Å². The van der Waals surface area contributed by atoms with Gasteiger partial charge in [-0.25, -0.2) is 4.98 Å². The zero-order chi connectivity index (χ0) is 20.1. The molecule has 0 aliphatic heterocycles. The highest BCUT2D eigenvalue weighted by atomic mass is 35.5. The Morgan fingerprint density at radius 3 is 2.86 bits per heavy atom. The van der Waals surface area contributed by atoms with Crippen LogP contribution in [0.4, 0.5) is 11.8 Å². The van der Waals surface area contributed by atoms with Gasteiger partial charge < -0.3 is 15.7 Å². The number of aliphatic hydroxyl groups is 1. The van der Waals surface area contributed by atoms with E-state index < -0.39 is 0 Å². The number of pyridine rings is 1. The van der Waals surface area contributed by atoms with Crippen LogP contribution in [0.2, 0.25) is 5.02 Å². The Kier molecular flexibility index (Phi) is 6.32. The van der Waals surface area contributed by atoms with Crippen molar-refractivity contribution in [3.05, 3.63) is 40.8 Å². The number of aromatic nitrogens is 3. The summed E-state index contributed by atoms with van der Waals surface area (Å²) in [7, 11) is 0. The molecule has 0 aromatic carbocycles. The third-order valence-corrected chi connectivity index (χ3v) is 5.38. The van der Waals surface area contributed by atoms with Gasteiger partial charge in [0.2, 0.25) is 5.95 Å². The van der Waals surface area contributed by atoms with Gasteiger partial charge >= 0.3 is 0 Å². The van der Waals surface area contributed by atoms with Crippen LogP contribution >= 0.6 is 11.6 Å². The molecule has 0 saturated heterocycles. The number of anilines is 2. The number of nitrogens with one attached hydrogen (secondary N) is 2. The number of rotatable bonds is 6. The Hall–Kier alpha value is -2.43. The maximum Gasteiger partial charge on any atom is 0.224 e. The van der Waals surface area contributed by atoms with E-state index in [1.54, 1.807) is 12.4 Å². The van der Waals surface area contributed by atoms with Crippen molar-refractivity contribution in [2.24, 2.45) is 5.41 Å². The van der Waals surface area contributed by atoms with Gasteiger partial charge in [0, 0.05) is 25.0 Å². The van der Waals surface area contributed by atoms with Gasteiger partial charge in [-0.1, -0.05) is 25.4 Å². The number of halogens is 1. The van der Waals surface area contributed by atoms with E-state index in [0.717, 1.165) is 31.2 Å². The Morgan fingerprint density at radius 1 is 1.32 bits per heavy atom. The van der Waals surface area contributed by atoms with Crippen LogP contribution in [0.25, 0.3) is 0 Å². The summed E-state index contributed by atoms with van der Waals surface area (Å²) in [4.78, 5) is 12.8. The molecule has 0 amide bonds. The maximum atomic E-state index is 10.1. The molecule has 1 unspecified atom stereocenters. The molecule has 2 atom stereocenters. The molecule has 2 heterocycles. The number of nitriles is 1. The van der Waals surface area contributed by atoms with Crippen molar-refractivity contribution in [2.45, 2.75) is 51.7 Å². The summed E-state index contributed by atoms with van der Waals surface area (Å²) >= 11 is 5.95. The van der Waals surface area contributed by atoms with Gasteiger partial charge in [0.1, 0.15) is 17.5 Å². The quantitative estimate of drug-likeness (QED) is 0.682. The molecule has 1 aliphatic rings. The van der Waals surface area contributed by atoms with Gasteiger partial charge in [-0.05, 0) is 42.7 Å². The summed E-state index contributed by atoms with van der Waals surface area (Å²) in [5, 5.41) is 26.7. The first kappa shape index (κ1) is 20.3. The van der Waals surface area contributed by atoms with Crippen LogP contribution in [0.1, 0.15) is 44.2 Å². The normalized spacial score (nSPS) is 21.0. The summed E-state index contributed by atoms with van der Waals surface area (Å²) in [6.45, 7) is 4.75. The van der Waals surface area contributed by atoms with E-state index in [2.05, 4.69) is 45.5 Å². The van der Waals surface area contributed by atoms with Gasteiger partial charge in [0.05, 0.1) is 17.3 Å². The maximum absolute atomic E-state index is 10.1. The van der Waals surface area contributed by atoms with Crippen molar-refractivity contribution in [3.8, 4) is 6.07 Å². The summed E-state index contributed by atoms with van der Waals surface area (Å²) in [5.41, 5.74) is 1.27. The molecular formula is C20H25ClN6O. The number of hydrogen-bond donors (Lipinski definition) is 3. The molecule has 0 bridgehead atoms. The van der Waals surface area contributed by atoms with E-state index in [9.17, 15) is 10.4 Å². The number of nitrogens with zero attached hydrogens (tertiary/aromatic N) is 4. The summed E-state index contributed by atoms with van der Waals surface area (Å²) in [6.07, 6.45) is 7.72. The van der Waals surface area contributed by atoms with E-state index in [0.29, 0.717) is 28.9 Å². The predicted octanol–water partition coefficient (Wildman–Crippen LogP) is 3.40. The first-order valence-corrected chi connectivity index (χ1v) is 9.80. The molecule has 0 radical (unpaired) electrons. The minimum atomic E-state index is -0.301. The van der Waals surface area contributed by atoms with E-state index in [4.69, 9.17) is 11.6 Å². The largest absolute Gasteiger partial charge is 0.393 e. The van der Waals surface area contributed by atoms with Crippen molar-refractivity contribution in [1.29, 1.82) is 5.26 Å². The topological polar surface area (TPSA) is 107 Å². The molecule has 28 heavy (non-hydrogen) atoms. The lowest BCUT2D eigenvalue weighted by atomic mass is 9.73. The van der Waals surface area contributed by atoms with Crippen LogP contribution in [0.3, 0.4) is 0 Å². The minimum absolute atomic E-state index is 0.158. The van der Waals surface area contributed by atoms with E-state index >= 15 is 0 Å². The minimum Gasteiger partial charge on any atom is -0.393 e. The zero-order valence-electron chi connectivity index (χ0n) is 16.1. The van der Waals surface area contributed by atoms with Crippen molar-refractivity contribution < 1.29 is 5.11 Å². The van der Waals surface area contributed by atoms with Crippen LogP contribution < -0.4 is 10.6 Å². The van der Waals surface area contributed by atoms with Gasteiger partial charge in [-0.3, -0.25) is 4.98 Å². The average Bonchev–Trinajstić information content (AvgIpc) is 2.65. The lowest BCUT2D eigenvalue weighted by molar-refractivity contribution is 0.00926. The second kappa shape index (κ2) is 8.72. The summed E-state index contributed by atoms with van der Waals surface area (Å²) < 4.78 is 0. The third-order valence-electron chi connectivity index (χ3n) is 5.17. The first-order chi connectivity index (χ1) is 13.4. The van der Waals surface area contributed by atoms with Crippen LogP contribution in [-0.4, -0.2) is 38.7 Å². The second-order valence-electron chi connectivity index (χ2n) is 7.88. The Morgan fingerprint density at radius 2 is 2.14 bits per heavy atom. The summed E-state index contributed by atoms with van der Waals surface area (Å²) in [6, 6.07) is 4.18. The second-order valence-corrected chi connectivity index (χ2v) is 8.32. The molecule has 3 rings (SSSR count). The van der Waals surface area contributed by atoms with Crippen LogP contribution in [0.5, 0.6) is 0 Å². The number of aliphatic hydroxyl groups excluding tert-OH is 1. The lowest BCUT2D eigenvalue weighted by Gasteiger charge is -2.40. The molecule has 3 N–H and O–H groups in total. The average molecular weight is 401 g/mol. The fraction of sp³-hybridized carbons (Fsp3) is 0.500. The standard InChI is InChI=1S/C20H25ClN6O/c1-20(2)8-16(3-4-17(20)28)26-18-14(9-22)11-25-19(27-18)24-6-5-13-7-15(21)12-23-10-13/h7,10-12,16-17,28H,3-6,8H2,1-2H3,(H2,24,25,26,27)/t16?,17-/m0/s1. The predicted molar refractivity (Wildman–Crippen MR) is 109 cm³/mol. The lowest BCUT2D eigenvalue weighted by Crippen LogP contribution is -2.41. The van der Waals surface area contributed by atoms with Crippen LogP contribution in [0, 0.1) is 16.7 Å². The molecular weight excluding hydrogens is 376 g/mol. The van der Waals surface area contributed by atoms with Crippen LogP contribution in [0.15, 0.2) is 24.7 Å². The molecule has 7 nitrogen and oxygen atoms in total. The third kappa shape index (κ3) is 5.09. The molecule has 8 heteroatoms. The smallest absolute Gasteiger partial charge is 0.224 e. The molecule has 1 saturated carbocycles. The van der Waals surface area contributed by atoms with E-state index in [-0.39, 0.29) is 17.6 Å². The SMILES string of the molecule is CC1(C)CC(Nc2nc(NCCc3cncc(Cl)c3)ncc2C#N)CC[C@@H]1O. The van der Waals surface area contributed by atoms with E-state index in [1.807, 2.05) is 6.07 Å². The molecule has 1 aliphatic carbocycles. The van der Waals surface area contributed by atoms with Gasteiger partial charge in [0.15, 0.2) is 0 Å². The van der Waals surface area contributed by atoms with Crippen molar-refractivity contribution >= 4 is 23.4 Å². The van der Waals surface area contributed by atoms with Crippen LogP contribution in [-0.2, 0) is 6.42 Å². The highest BCUT2D eigenvalue weighted by molar-refractivity contribution is 6.30. The van der Waals surface area contributed by atoms with Crippen molar-refractivity contribution in [1.82, 2.24) is 15.0 Å². The molecule has 2 aromatic rings. The fourth-order valence-electron chi connectivity index (χ4n) is 3.51. The molecule has 2 aromatic heterocycles. The van der Waals surface area contributed by atoms with Gasteiger partial charge in [-0.15, -0.1) is 0 Å². The van der Waals surface area contributed by atoms with Crippen molar-refractivity contribution in [2.75, 3.05) is 17.2 Å². The highest BCUT2D eigenvalue weighted by Gasteiger charge is 2.35. The summed E-state index contributed by atoms with van der Waals surface area (Å²) in [5.74, 6) is 0.994. The Balaban J connectivity index is 1.64.